The summed E-state index contributed by atoms with van der Waals surface area (Å²) in [4.78, 5) is 26.8. The molecule has 1 aliphatic rings. The van der Waals surface area contributed by atoms with Gasteiger partial charge in [-0.15, -0.1) is 0 Å². The van der Waals surface area contributed by atoms with E-state index in [1.165, 1.54) is 0 Å². The molecule has 3 aromatic rings. The lowest BCUT2D eigenvalue weighted by Crippen LogP contribution is -2.40. The summed E-state index contributed by atoms with van der Waals surface area (Å²) >= 11 is 0. The van der Waals surface area contributed by atoms with Crippen molar-refractivity contribution in [3.8, 4) is 0 Å². The van der Waals surface area contributed by atoms with Crippen molar-refractivity contribution < 1.29 is 4.79 Å². The number of aryl methyl sites for hydroxylation is 2. The number of para-hydroxylation sites is 2. The molecule has 25 heavy (non-hydrogen) atoms. The third kappa shape index (κ3) is 3.29. The molecule has 1 N–H and O–H groups in total. The molecular weight excluding hydrogens is 314 g/mol. The van der Waals surface area contributed by atoms with Crippen molar-refractivity contribution in [1.29, 1.82) is 0 Å². The fourth-order valence-electron chi connectivity index (χ4n) is 3.69. The number of carbonyl (C=O) groups excluding carboxylic acids is 1. The van der Waals surface area contributed by atoms with Gasteiger partial charge in [0.25, 0.3) is 0 Å². The number of rotatable bonds is 4. The maximum Gasteiger partial charge on any atom is 0.223 e. The number of benzene rings is 1. The van der Waals surface area contributed by atoms with Crippen molar-refractivity contribution in [2.45, 2.75) is 38.6 Å². The Morgan fingerprint density at radius 3 is 3.04 bits per heavy atom. The Morgan fingerprint density at radius 2 is 2.24 bits per heavy atom. The molecule has 1 atom stereocenters. The molecule has 0 unspecified atom stereocenters. The van der Waals surface area contributed by atoms with Gasteiger partial charge < -0.3 is 14.5 Å². The fraction of sp³-hybridized carbons (Fsp3) is 0.421. The third-order valence-electron chi connectivity index (χ3n) is 5.02. The highest BCUT2D eigenvalue weighted by Crippen LogP contribution is 2.23. The molecule has 1 aliphatic heterocycles. The number of H-pyrrole nitrogens is 1. The van der Waals surface area contributed by atoms with Crippen LogP contribution in [-0.4, -0.2) is 43.4 Å². The van der Waals surface area contributed by atoms with Gasteiger partial charge in [0.05, 0.1) is 17.1 Å². The first kappa shape index (κ1) is 15.9. The minimum absolute atomic E-state index is 0.211. The summed E-state index contributed by atoms with van der Waals surface area (Å²) in [5, 5.41) is 0. The molecule has 6 nitrogen and oxygen atoms in total. The topological polar surface area (TPSA) is 66.8 Å². The van der Waals surface area contributed by atoms with Gasteiger partial charge in [-0.05, 0) is 31.9 Å². The number of amides is 1. The predicted molar refractivity (Wildman–Crippen MR) is 96.2 cm³/mol. The van der Waals surface area contributed by atoms with Crippen LogP contribution < -0.4 is 0 Å². The zero-order valence-corrected chi connectivity index (χ0v) is 14.5. The highest BCUT2D eigenvalue weighted by Gasteiger charge is 2.25. The Hall–Kier alpha value is -2.63. The number of carbonyl (C=O) groups is 1. The van der Waals surface area contributed by atoms with Gasteiger partial charge in [0.15, 0.2) is 0 Å². The van der Waals surface area contributed by atoms with Crippen LogP contribution in [0.2, 0.25) is 0 Å². The van der Waals surface area contributed by atoms with Crippen LogP contribution in [0.3, 0.4) is 0 Å². The Bertz CT molecular complexity index is 848. The average Bonchev–Trinajstić information content (AvgIpc) is 3.25. The number of nitrogens with zero attached hydrogens (tertiary/aromatic N) is 4. The van der Waals surface area contributed by atoms with Gasteiger partial charge in [0.2, 0.25) is 5.91 Å². The number of likely N-dealkylation sites (tertiary alicyclic amines) is 1. The van der Waals surface area contributed by atoms with Crippen molar-refractivity contribution in [3.63, 3.8) is 0 Å². The van der Waals surface area contributed by atoms with Gasteiger partial charge >= 0.3 is 0 Å². The molecule has 1 saturated heterocycles. The quantitative estimate of drug-likeness (QED) is 0.796. The average molecular weight is 337 g/mol. The maximum atomic E-state index is 12.6. The van der Waals surface area contributed by atoms with E-state index in [4.69, 9.17) is 0 Å². The molecule has 130 valence electrons. The third-order valence-corrected chi connectivity index (χ3v) is 5.02. The van der Waals surface area contributed by atoms with Crippen LogP contribution in [0.15, 0.2) is 36.7 Å². The first-order chi connectivity index (χ1) is 12.2. The van der Waals surface area contributed by atoms with Crippen LogP contribution in [-0.2, 0) is 11.2 Å². The lowest BCUT2D eigenvalue weighted by Gasteiger charge is -2.34. The van der Waals surface area contributed by atoms with Crippen LogP contribution in [0.4, 0.5) is 0 Å². The summed E-state index contributed by atoms with van der Waals surface area (Å²) in [6, 6.07) is 8.30. The summed E-state index contributed by atoms with van der Waals surface area (Å²) in [5.41, 5.74) is 1.98. The van der Waals surface area contributed by atoms with Crippen LogP contribution >= 0.6 is 0 Å². The smallest absolute Gasteiger partial charge is 0.223 e. The van der Waals surface area contributed by atoms with Gasteiger partial charge in [-0.25, -0.2) is 9.97 Å². The molecule has 0 saturated carbocycles. The molecule has 4 rings (SSSR count). The highest BCUT2D eigenvalue weighted by molar-refractivity contribution is 5.77. The SMILES string of the molecule is Cc1nccn1[C@H]1CCCN(C(=O)CCc2nc3ccccc3[nH]2)C1. The number of hydrogen-bond donors (Lipinski definition) is 1. The van der Waals surface area contributed by atoms with Crippen molar-refractivity contribution in [2.24, 2.45) is 0 Å². The Labute approximate surface area is 146 Å². The molecule has 1 fully saturated rings. The minimum Gasteiger partial charge on any atom is -0.342 e. The monoisotopic (exact) mass is 337 g/mol. The number of fused-ring (bicyclic) bond motifs is 1. The van der Waals surface area contributed by atoms with E-state index in [9.17, 15) is 4.79 Å². The second-order valence-electron chi connectivity index (χ2n) is 6.72. The van der Waals surface area contributed by atoms with E-state index in [2.05, 4.69) is 19.5 Å². The lowest BCUT2D eigenvalue weighted by atomic mass is 10.0. The van der Waals surface area contributed by atoms with E-state index in [1.54, 1.807) is 0 Å². The van der Waals surface area contributed by atoms with Crippen LogP contribution in [0.25, 0.3) is 11.0 Å². The van der Waals surface area contributed by atoms with E-state index in [0.29, 0.717) is 18.9 Å². The molecule has 2 aromatic heterocycles. The van der Waals surface area contributed by atoms with E-state index in [1.807, 2.05) is 48.5 Å². The van der Waals surface area contributed by atoms with Crippen LogP contribution in [0, 0.1) is 6.92 Å². The Morgan fingerprint density at radius 1 is 1.36 bits per heavy atom. The fourth-order valence-corrected chi connectivity index (χ4v) is 3.69. The van der Waals surface area contributed by atoms with E-state index in [0.717, 1.165) is 48.6 Å². The zero-order valence-electron chi connectivity index (χ0n) is 14.5. The van der Waals surface area contributed by atoms with Gasteiger partial charge in [-0.2, -0.15) is 0 Å². The van der Waals surface area contributed by atoms with Crippen molar-refractivity contribution in [2.75, 3.05) is 13.1 Å². The van der Waals surface area contributed by atoms with Gasteiger partial charge in [-0.1, -0.05) is 12.1 Å². The molecule has 3 heterocycles. The summed E-state index contributed by atoms with van der Waals surface area (Å²) in [5.74, 6) is 2.11. The number of piperidine rings is 1. The number of hydrogen-bond acceptors (Lipinski definition) is 3. The molecule has 1 aromatic carbocycles. The van der Waals surface area contributed by atoms with Crippen LogP contribution in [0.5, 0.6) is 0 Å². The number of nitrogens with one attached hydrogen (secondary N) is 1. The molecule has 0 aliphatic carbocycles. The second-order valence-corrected chi connectivity index (χ2v) is 6.72. The second kappa shape index (κ2) is 6.70. The Balaban J connectivity index is 1.38. The van der Waals surface area contributed by atoms with Crippen molar-refractivity contribution >= 4 is 16.9 Å². The van der Waals surface area contributed by atoms with E-state index >= 15 is 0 Å². The first-order valence-corrected chi connectivity index (χ1v) is 8.91. The van der Waals surface area contributed by atoms with Gasteiger partial charge in [0, 0.05) is 38.3 Å². The van der Waals surface area contributed by atoms with Crippen molar-refractivity contribution in [1.82, 2.24) is 24.4 Å². The number of aromatic nitrogens is 4. The standard InChI is InChI=1S/C19H23N5O/c1-14-20-10-12-24(14)15-5-4-11-23(13-15)19(25)9-8-18-21-16-6-2-3-7-17(16)22-18/h2-3,6-7,10,12,15H,4-5,8-9,11,13H2,1H3,(H,21,22)/t15-/m0/s1. The maximum absolute atomic E-state index is 12.6. The van der Waals surface area contributed by atoms with E-state index in [-0.39, 0.29) is 5.91 Å². The highest BCUT2D eigenvalue weighted by atomic mass is 16.2. The Kier molecular flexibility index (Phi) is 4.26. The molecule has 0 bridgehead atoms. The normalized spacial score (nSPS) is 18.0. The van der Waals surface area contributed by atoms with Crippen LogP contribution in [0.1, 0.15) is 37.0 Å². The van der Waals surface area contributed by atoms with E-state index < -0.39 is 0 Å². The first-order valence-electron chi connectivity index (χ1n) is 8.91. The summed E-state index contributed by atoms with van der Waals surface area (Å²) in [6.07, 6.45) is 7.14. The molecule has 1 amide bonds. The van der Waals surface area contributed by atoms with Crippen molar-refractivity contribution in [3.05, 3.63) is 48.3 Å². The molecule has 6 heteroatoms. The summed E-state index contributed by atoms with van der Waals surface area (Å²) < 4.78 is 2.19. The van der Waals surface area contributed by atoms with Gasteiger partial charge in [-0.3, -0.25) is 4.79 Å². The lowest BCUT2D eigenvalue weighted by molar-refractivity contribution is -0.132. The largest absolute Gasteiger partial charge is 0.342 e. The summed E-state index contributed by atoms with van der Waals surface area (Å²) in [6.45, 7) is 3.64. The summed E-state index contributed by atoms with van der Waals surface area (Å²) in [7, 11) is 0. The molecule has 0 radical (unpaired) electrons. The molecule has 0 spiro atoms. The zero-order chi connectivity index (χ0) is 17.2. The number of imidazole rings is 2. The number of aromatic amines is 1. The van der Waals surface area contributed by atoms with Gasteiger partial charge in [0.1, 0.15) is 11.6 Å². The predicted octanol–water partition coefficient (Wildman–Crippen LogP) is 2.86. The minimum atomic E-state index is 0.211. The molecular formula is C19H23N5O.